The fraction of sp³-hybridized carbons (Fsp3) is 0.643. The van der Waals surface area contributed by atoms with Crippen LogP contribution in [0.2, 0.25) is 0 Å². The summed E-state index contributed by atoms with van der Waals surface area (Å²) in [7, 11) is 0. The molecule has 0 spiro atoms. The number of hydrogen-bond acceptors (Lipinski definition) is 4. The molecule has 2 aliphatic rings. The summed E-state index contributed by atoms with van der Waals surface area (Å²) in [5.41, 5.74) is 1.24. The van der Waals surface area contributed by atoms with Crippen LogP contribution in [0.5, 0.6) is 0 Å². The maximum absolute atomic E-state index is 4.77. The Labute approximate surface area is 118 Å². The second-order valence-electron chi connectivity index (χ2n) is 5.73. The fourth-order valence-electron chi connectivity index (χ4n) is 2.99. The summed E-state index contributed by atoms with van der Waals surface area (Å²) in [6.07, 6.45) is 8.92. The van der Waals surface area contributed by atoms with Crippen molar-refractivity contribution in [3.8, 4) is 0 Å². The van der Waals surface area contributed by atoms with Gasteiger partial charge in [-0.15, -0.1) is 0 Å². The Morgan fingerprint density at radius 1 is 1.35 bits per heavy atom. The molecule has 3 heterocycles. The molecular formula is C14H20N6. The highest BCUT2D eigenvalue weighted by atomic mass is 15.4. The highest BCUT2D eigenvalue weighted by molar-refractivity contribution is 5.32. The smallest absolute Gasteiger partial charge is 0.221 e. The maximum Gasteiger partial charge on any atom is 0.221 e. The van der Waals surface area contributed by atoms with E-state index in [0.717, 1.165) is 31.3 Å². The molecule has 0 aromatic carbocycles. The van der Waals surface area contributed by atoms with Crippen molar-refractivity contribution in [3.63, 3.8) is 0 Å². The van der Waals surface area contributed by atoms with Gasteiger partial charge in [-0.2, -0.15) is 15.2 Å². The number of aromatic nitrogens is 5. The van der Waals surface area contributed by atoms with Crippen LogP contribution < -0.4 is 5.32 Å². The summed E-state index contributed by atoms with van der Waals surface area (Å²) in [6.45, 7) is 3.96. The number of nitrogens with one attached hydrogen (secondary N) is 1. The normalized spacial score (nSPS) is 22.1. The number of aryl methyl sites for hydroxylation is 1. The van der Waals surface area contributed by atoms with Gasteiger partial charge in [-0.1, -0.05) is 6.42 Å². The van der Waals surface area contributed by atoms with E-state index in [1.165, 1.54) is 24.8 Å². The lowest BCUT2D eigenvalue weighted by molar-refractivity contribution is 0.393. The first kappa shape index (κ1) is 11.9. The molecule has 1 aliphatic heterocycles. The zero-order valence-corrected chi connectivity index (χ0v) is 11.8. The minimum Gasteiger partial charge on any atom is -0.354 e. The number of anilines is 1. The van der Waals surface area contributed by atoms with E-state index in [0.29, 0.717) is 5.92 Å². The van der Waals surface area contributed by atoms with Gasteiger partial charge in [-0.3, -0.25) is 4.68 Å². The van der Waals surface area contributed by atoms with E-state index in [-0.39, 0.29) is 6.04 Å². The van der Waals surface area contributed by atoms with Crippen molar-refractivity contribution in [3.05, 3.63) is 23.8 Å². The van der Waals surface area contributed by atoms with E-state index in [2.05, 4.69) is 33.2 Å². The topological polar surface area (TPSA) is 60.6 Å². The largest absolute Gasteiger partial charge is 0.354 e. The van der Waals surface area contributed by atoms with Gasteiger partial charge in [0.15, 0.2) is 5.82 Å². The van der Waals surface area contributed by atoms with E-state index < -0.39 is 0 Å². The first-order chi connectivity index (χ1) is 9.85. The molecule has 0 saturated heterocycles. The van der Waals surface area contributed by atoms with Gasteiger partial charge >= 0.3 is 0 Å². The Balaban J connectivity index is 1.68. The van der Waals surface area contributed by atoms with Crippen molar-refractivity contribution < 1.29 is 0 Å². The minimum atomic E-state index is 0.271. The molecule has 4 rings (SSSR count). The van der Waals surface area contributed by atoms with Crippen LogP contribution in [0.1, 0.15) is 56.0 Å². The summed E-state index contributed by atoms with van der Waals surface area (Å²) in [4.78, 5) is 4.69. The Kier molecular flexibility index (Phi) is 2.75. The molecule has 0 bridgehead atoms. The lowest BCUT2D eigenvalue weighted by Crippen LogP contribution is -2.24. The molecule has 6 nitrogen and oxygen atoms in total. The average molecular weight is 272 g/mol. The third-order valence-electron chi connectivity index (χ3n) is 4.48. The first-order valence-corrected chi connectivity index (χ1v) is 7.58. The predicted molar refractivity (Wildman–Crippen MR) is 75.8 cm³/mol. The van der Waals surface area contributed by atoms with Gasteiger partial charge in [0.25, 0.3) is 0 Å². The maximum atomic E-state index is 4.77. The lowest BCUT2D eigenvalue weighted by atomic mass is 9.85. The van der Waals surface area contributed by atoms with Gasteiger partial charge in [0.05, 0.1) is 12.2 Å². The van der Waals surface area contributed by atoms with Crippen molar-refractivity contribution >= 4 is 5.95 Å². The second kappa shape index (κ2) is 4.61. The van der Waals surface area contributed by atoms with Crippen LogP contribution in [0.4, 0.5) is 5.95 Å². The molecule has 0 amide bonds. The SMILES string of the molecule is CCn1cc(C2CCNc3nc(C4CCC4)nn32)cn1. The zero-order chi connectivity index (χ0) is 13.5. The van der Waals surface area contributed by atoms with Crippen molar-refractivity contribution in [2.45, 2.75) is 51.1 Å². The van der Waals surface area contributed by atoms with Crippen LogP contribution >= 0.6 is 0 Å². The van der Waals surface area contributed by atoms with Gasteiger partial charge in [0.2, 0.25) is 5.95 Å². The Morgan fingerprint density at radius 3 is 2.95 bits per heavy atom. The number of rotatable bonds is 3. The van der Waals surface area contributed by atoms with Gasteiger partial charge in [0, 0.05) is 30.8 Å². The van der Waals surface area contributed by atoms with Crippen LogP contribution in [-0.4, -0.2) is 31.1 Å². The van der Waals surface area contributed by atoms with Crippen molar-refractivity contribution in [2.75, 3.05) is 11.9 Å². The van der Waals surface area contributed by atoms with E-state index >= 15 is 0 Å². The van der Waals surface area contributed by atoms with Crippen LogP contribution in [0.15, 0.2) is 12.4 Å². The van der Waals surface area contributed by atoms with Crippen molar-refractivity contribution in [1.82, 2.24) is 24.5 Å². The number of hydrogen-bond donors (Lipinski definition) is 1. The fourth-order valence-corrected chi connectivity index (χ4v) is 2.99. The lowest BCUT2D eigenvalue weighted by Gasteiger charge is -2.23. The molecule has 6 heteroatoms. The van der Waals surface area contributed by atoms with E-state index in [9.17, 15) is 0 Å². The van der Waals surface area contributed by atoms with Crippen molar-refractivity contribution in [2.24, 2.45) is 0 Å². The molecule has 0 radical (unpaired) electrons. The zero-order valence-electron chi connectivity index (χ0n) is 11.8. The van der Waals surface area contributed by atoms with E-state index in [1.807, 2.05) is 10.9 Å². The molecule has 1 fully saturated rings. The van der Waals surface area contributed by atoms with Gasteiger partial charge in [0.1, 0.15) is 0 Å². The Bertz CT molecular complexity index is 609. The number of nitrogens with zero attached hydrogens (tertiary/aromatic N) is 5. The van der Waals surface area contributed by atoms with Gasteiger partial charge in [-0.05, 0) is 26.2 Å². The summed E-state index contributed by atoms with van der Waals surface area (Å²) in [6, 6.07) is 0.271. The molecule has 2 aromatic heterocycles. The predicted octanol–water partition coefficient (Wildman–Crippen LogP) is 2.17. The Morgan fingerprint density at radius 2 is 2.25 bits per heavy atom. The van der Waals surface area contributed by atoms with Crippen LogP contribution in [0, 0.1) is 0 Å². The summed E-state index contributed by atoms with van der Waals surface area (Å²) in [5.74, 6) is 2.52. The second-order valence-corrected chi connectivity index (χ2v) is 5.73. The molecule has 106 valence electrons. The molecular weight excluding hydrogens is 252 g/mol. The standard InChI is InChI=1S/C14H20N6/c1-2-19-9-11(8-16-19)12-6-7-15-14-17-13(18-20(12)14)10-4-3-5-10/h8-10,12H,2-7H2,1H3,(H,15,17,18). The molecule has 20 heavy (non-hydrogen) atoms. The minimum absolute atomic E-state index is 0.271. The van der Waals surface area contributed by atoms with E-state index in [1.54, 1.807) is 0 Å². The van der Waals surface area contributed by atoms with Crippen LogP contribution in [-0.2, 0) is 6.54 Å². The average Bonchev–Trinajstić information content (AvgIpc) is 3.02. The molecule has 1 unspecified atom stereocenters. The summed E-state index contributed by atoms with van der Waals surface area (Å²) in [5, 5.41) is 12.5. The quantitative estimate of drug-likeness (QED) is 0.930. The summed E-state index contributed by atoms with van der Waals surface area (Å²) < 4.78 is 4.04. The van der Waals surface area contributed by atoms with Gasteiger partial charge < -0.3 is 5.32 Å². The highest BCUT2D eigenvalue weighted by Gasteiger charge is 2.29. The molecule has 1 N–H and O–H groups in total. The Hall–Kier alpha value is -1.85. The molecule has 1 aliphatic carbocycles. The van der Waals surface area contributed by atoms with Crippen LogP contribution in [0.3, 0.4) is 0 Å². The molecule has 1 atom stereocenters. The van der Waals surface area contributed by atoms with Crippen LogP contribution in [0.25, 0.3) is 0 Å². The third-order valence-corrected chi connectivity index (χ3v) is 4.48. The first-order valence-electron chi connectivity index (χ1n) is 7.58. The summed E-state index contributed by atoms with van der Waals surface area (Å²) >= 11 is 0. The molecule has 2 aromatic rings. The third kappa shape index (κ3) is 1.82. The highest BCUT2D eigenvalue weighted by Crippen LogP contribution is 2.37. The van der Waals surface area contributed by atoms with Gasteiger partial charge in [-0.25, -0.2) is 4.68 Å². The van der Waals surface area contributed by atoms with Crippen molar-refractivity contribution in [1.29, 1.82) is 0 Å². The molecule has 1 saturated carbocycles. The van der Waals surface area contributed by atoms with E-state index in [4.69, 9.17) is 5.10 Å². The monoisotopic (exact) mass is 272 g/mol. The number of fused-ring (bicyclic) bond motifs is 1.